The molecule has 0 spiro atoms. The zero-order valence-corrected chi connectivity index (χ0v) is 17.6. The molecule has 1 aromatic heterocycles. The van der Waals surface area contributed by atoms with Gasteiger partial charge in [0.05, 0.1) is 23.4 Å². The highest BCUT2D eigenvalue weighted by Gasteiger charge is 2.35. The Labute approximate surface area is 179 Å². The minimum atomic E-state index is -0.481. The topological polar surface area (TPSA) is 75.2 Å². The first-order valence-corrected chi connectivity index (χ1v) is 10.0. The van der Waals surface area contributed by atoms with Crippen LogP contribution in [0.2, 0.25) is 5.28 Å². The summed E-state index contributed by atoms with van der Waals surface area (Å²) < 4.78 is 12.4. The van der Waals surface area contributed by atoms with Gasteiger partial charge in [0.2, 0.25) is 5.28 Å². The zero-order chi connectivity index (χ0) is 21.7. The molecule has 1 aliphatic heterocycles. The Morgan fingerprint density at radius 2 is 1.87 bits per heavy atom. The van der Waals surface area contributed by atoms with Crippen LogP contribution in [0.3, 0.4) is 0 Å². The Morgan fingerprint density at radius 3 is 2.50 bits per heavy atom. The van der Waals surface area contributed by atoms with Gasteiger partial charge in [0.15, 0.2) is 0 Å². The molecule has 3 rings (SSSR count). The summed E-state index contributed by atoms with van der Waals surface area (Å²) in [5.41, 5.74) is 0.944. The van der Waals surface area contributed by atoms with Crippen LogP contribution in [0.5, 0.6) is 0 Å². The summed E-state index contributed by atoms with van der Waals surface area (Å²) in [7, 11) is 0. The van der Waals surface area contributed by atoms with Gasteiger partial charge >= 0.3 is 0 Å². The molecule has 0 radical (unpaired) electrons. The summed E-state index contributed by atoms with van der Waals surface area (Å²) in [4.78, 5) is 34.4. The molecule has 30 heavy (non-hydrogen) atoms. The summed E-state index contributed by atoms with van der Waals surface area (Å²) in [6, 6.07) is 6.82. The van der Waals surface area contributed by atoms with Crippen molar-refractivity contribution in [3.05, 3.63) is 52.4 Å². The first-order valence-electron chi connectivity index (χ1n) is 9.63. The molecule has 0 atom stereocenters. The minimum Gasteiger partial charge on any atom is -0.369 e. The molecular weight excluding hydrogens is 407 g/mol. The number of carbonyl (C=O) groups is 2. The fraction of sp³-hybridized carbons (Fsp3) is 0.364. The van der Waals surface area contributed by atoms with Crippen LogP contribution in [0.4, 0.5) is 10.2 Å². The number of nitrogens with zero attached hydrogens (tertiary/aromatic N) is 3. The number of carbonyl (C=O) groups excluding carboxylic acids is 2. The highest BCUT2D eigenvalue weighted by Crippen LogP contribution is 2.26. The van der Waals surface area contributed by atoms with E-state index in [1.807, 2.05) is 13.8 Å². The van der Waals surface area contributed by atoms with Crippen molar-refractivity contribution in [2.45, 2.75) is 26.7 Å². The van der Waals surface area contributed by atoms with Crippen molar-refractivity contribution in [3.8, 4) is 11.8 Å². The number of benzene rings is 1. The van der Waals surface area contributed by atoms with Gasteiger partial charge in [-0.2, -0.15) is 4.98 Å². The maximum absolute atomic E-state index is 12.5. The maximum Gasteiger partial charge on any atom is 0.261 e. The maximum atomic E-state index is 12.5. The van der Waals surface area contributed by atoms with Gasteiger partial charge in [-0.25, -0.2) is 4.98 Å². The lowest BCUT2D eigenvalue weighted by atomic mass is 9.89. The fourth-order valence-electron chi connectivity index (χ4n) is 2.99. The van der Waals surface area contributed by atoms with Crippen LogP contribution >= 0.6 is 11.6 Å². The predicted octanol–water partition coefficient (Wildman–Crippen LogP) is 3.97. The van der Waals surface area contributed by atoms with Gasteiger partial charge < -0.3 is 5.32 Å². The molecule has 0 aliphatic carbocycles. The second-order valence-corrected chi connectivity index (χ2v) is 7.90. The van der Waals surface area contributed by atoms with Gasteiger partial charge in [0.1, 0.15) is 5.82 Å². The zero-order valence-electron chi connectivity index (χ0n) is 16.8. The van der Waals surface area contributed by atoms with Gasteiger partial charge in [-0.1, -0.05) is 24.0 Å². The van der Waals surface area contributed by atoms with Crippen LogP contribution in [-0.2, 0) is 0 Å². The van der Waals surface area contributed by atoms with E-state index in [0.29, 0.717) is 41.9 Å². The van der Waals surface area contributed by atoms with Crippen molar-refractivity contribution in [3.63, 3.8) is 0 Å². The van der Waals surface area contributed by atoms with Crippen molar-refractivity contribution in [2.24, 2.45) is 5.41 Å². The van der Waals surface area contributed by atoms with Crippen LogP contribution in [0.25, 0.3) is 0 Å². The molecule has 0 fully saturated rings. The molecule has 6 nitrogen and oxygen atoms in total. The summed E-state index contributed by atoms with van der Waals surface area (Å²) in [5.74, 6) is 6.11. The van der Waals surface area contributed by atoms with Gasteiger partial charge in [0.25, 0.3) is 11.8 Å². The molecule has 1 aliphatic rings. The lowest BCUT2D eigenvalue weighted by Crippen LogP contribution is -2.33. The number of amides is 2. The Hall–Kier alpha value is -2.98. The number of anilines is 1. The van der Waals surface area contributed by atoms with Crippen molar-refractivity contribution < 1.29 is 14.0 Å². The van der Waals surface area contributed by atoms with Gasteiger partial charge in [-0.3, -0.25) is 18.9 Å². The third-order valence-electron chi connectivity index (χ3n) is 4.74. The van der Waals surface area contributed by atoms with Crippen molar-refractivity contribution in [1.82, 2.24) is 14.9 Å². The number of rotatable bonds is 7. The second-order valence-electron chi connectivity index (χ2n) is 7.56. The van der Waals surface area contributed by atoms with Crippen LogP contribution in [0.1, 0.15) is 53.0 Å². The van der Waals surface area contributed by atoms with E-state index in [1.165, 1.54) is 11.1 Å². The fourth-order valence-corrected chi connectivity index (χ4v) is 3.13. The lowest BCUT2D eigenvalue weighted by Gasteiger charge is -2.21. The standard InChI is InChI=1S/C22H22ClFN4O2/c1-22(2,9-8-15-14-26-21(23)27-18(15)25-12-5-11-24)10-13-28-19(29)16-6-3-4-7-17(16)20(28)30/h3-4,6-7,14H,5,10-13H2,1-2H3,(H,25,26,27). The first kappa shape index (κ1) is 21.7. The third kappa shape index (κ3) is 4.95. The second kappa shape index (κ2) is 9.23. The van der Waals surface area contributed by atoms with Crippen molar-refractivity contribution in [1.29, 1.82) is 0 Å². The van der Waals surface area contributed by atoms with Crippen LogP contribution < -0.4 is 5.32 Å². The Bertz CT molecular complexity index is 994. The normalized spacial score (nSPS) is 13.1. The predicted molar refractivity (Wildman–Crippen MR) is 113 cm³/mol. The Kier molecular flexibility index (Phi) is 6.68. The summed E-state index contributed by atoms with van der Waals surface area (Å²) >= 11 is 5.85. The molecular formula is C22H22ClFN4O2. The third-order valence-corrected chi connectivity index (χ3v) is 4.92. The number of nitrogens with one attached hydrogen (secondary N) is 1. The monoisotopic (exact) mass is 428 g/mol. The highest BCUT2D eigenvalue weighted by atomic mass is 35.5. The molecule has 156 valence electrons. The van der Waals surface area contributed by atoms with E-state index in [1.54, 1.807) is 24.3 Å². The number of hydrogen-bond acceptors (Lipinski definition) is 5. The number of alkyl halides is 1. The van der Waals surface area contributed by atoms with Crippen LogP contribution in [-0.4, -0.2) is 46.4 Å². The molecule has 0 unspecified atom stereocenters. The Morgan fingerprint density at radius 1 is 1.20 bits per heavy atom. The lowest BCUT2D eigenvalue weighted by molar-refractivity contribution is 0.0643. The van der Waals surface area contributed by atoms with Gasteiger partial charge in [-0.05, 0) is 50.4 Å². The van der Waals surface area contributed by atoms with E-state index in [0.717, 1.165) is 0 Å². The van der Waals surface area contributed by atoms with E-state index in [4.69, 9.17) is 11.6 Å². The molecule has 1 N–H and O–H groups in total. The summed E-state index contributed by atoms with van der Waals surface area (Å²) in [5, 5.41) is 3.09. The molecule has 0 saturated heterocycles. The molecule has 8 heteroatoms. The molecule has 2 heterocycles. The number of imide groups is 1. The largest absolute Gasteiger partial charge is 0.369 e. The molecule has 0 saturated carbocycles. The summed E-state index contributed by atoms with van der Waals surface area (Å²) in [6.45, 7) is 4.11. The average Bonchev–Trinajstić information content (AvgIpc) is 2.96. The molecule has 2 amide bonds. The average molecular weight is 429 g/mol. The van der Waals surface area contributed by atoms with Crippen molar-refractivity contribution >= 4 is 29.2 Å². The first-order chi connectivity index (χ1) is 14.3. The van der Waals surface area contributed by atoms with Crippen LogP contribution in [0, 0.1) is 17.3 Å². The minimum absolute atomic E-state index is 0.0770. The van der Waals surface area contributed by atoms with E-state index in [9.17, 15) is 14.0 Å². The molecule has 2 aromatic rings. The Balaban J connectivity index is 1.69. The number of fused-ring (bicyclic) bond motifs is 1. The number of halogens is 2. The number of aromatic nitrogens is 2. The highest BCUT2D eigenvalue weighted by molar-refractivity contribution is 6.28. The number of hydrogen-bond donors (Lipinski definition) is 1. The van der Waals surface area contributed by atoms with E-state index < -0.39 is 12.1 Å². The SMILES string of the molecule is CC(C)(C#Cc1cnc(Cl)nc1NCCCF)CCN1C(=O)c2ccccc2C1=O. The quantitative estimate of drug-likeness (QED) is 0.312. The van der Waals surface area contributed by atoms with E-state index in [2.05, 4.69) is 27.1 Å². The molecule has 1 aromatic carbocycles. The molecule has 0 bridgehead atoms. The van der Waals surface area contributed by atoms with Crippen molar-refractivity contribution in [2.75, 3.05) is 25.1 Å². The van der Waals surface area contributed by atoms with Gasteiger partial charge in [0, 0.05) is 24.7 Å². The van der Waals surface area contributed by atoms with Gasteiger partial charge in [-0.15, -0.1) is 0 Å². The van der Waals surface area contributed by atoms with E-state index >= 15 is 0 Å². The smallest absolute Gasteiger partial charge is 0.261 e. The van der Waals surface area contributed by atoms with Crippen LogP contribution in [0.15, 0.2) is 30.5 Å². The van der Waals surface area contributed by atoms with E-state index in [-0.39, 0.29) is 23.6 Å². The summed E-state index contributed by atoms with van der Waals surface area (Å²) in [6.07, 6.45) is 2.37.